The maximum atomic E-state index is 13.4. The molecule has 0 bridgehead atoms. The molecule has 2 amide bonds. The molecule has 0 fully saturated rings. The van der Waals surface area contributed by atoms with Crippen LogP contribution in [0.1, 0.15) is 60.0 Å². The van der Waals surface area contributed by atoms with E-state index in [1.54, 1.807) is 13.8 Å². The molecule has 0 aliphatic heterocycles. The van der Waals surface area contributed by atoms with Crippen LogP contribution in [0.2, 0.25) is 10.0 Å². The molecule has 2 rings (SSSR count). The molecule has 7 nitrogen and oxygen atoms in total. The molecule has 0 radical (unpaired) electrons. The van der Waals surface area contributed by atoms with Crippen molar-refractivity contribution in [1.29, 1.82) is 0 Å². The summed E-state index contributed by atoms with van der Waals surface area (Å²) in [6.45, 7) is 6.62. The number of hydrogen-bond acceptors (Lipinski definition) is 6. The largest absolute Gasteiger partial charge is 0.430 e. The highest BCUT2D eigenvalue weighted by atomic mass is 35.5. The smallest absolute Gasteiger partial charge is 0.389 e. The van der Waals surface area contributed by atoms with E-state index in [2.05, 4.69) is 10.3 Å². The molecule has 218 valence electrons. The first-order valence-electron chi connectivity index (χ1n) is 11.4. The predicted octanol–water partition coefficient (Wildman–Crippen LogP) is 5.80. The van der Waals surface area contributed by atoms with Gasteiger partial charge in [0.25, 0.3) is 17.4 Å². The minimum atomic E-state index is -6.21. The lowest BCUT2D eigenvalue weighted by Gasteiger charge is -2.33. The van der Waals surface area contributed by atoms with Gasteiger partial charge in [-0.05, 0) is 27.2 Å². The number of aliphatic hydroxyl groups is 2. The third kappa shape index (κ3) is 6.79. The zero-order valence-corrected chi connectivity index (χ0v) is 23.3. The van der Waals surface area contributed by atoms with E-state index in [-0.39, 0.29) is 40.8 Å². The van der Waals surface area contributed by atoms with Gasteiger partial charge >= 0.3 is 12.4 Å². The fraction of sp³-hybridized carbons (Fsp3) is 0.522. The Morgan fingerprint density at radius 3 is 2.05 bits per heavy atom. The first-order chi connectivity index (χ1) is 17.7. The van der Waals surface area contributed by atoms with E-state index in [1.807, 2.05) is 0 Å². The first-order valence-corrected chi connectivity index (χ1v) is 12.9. The third-order valence-corrected chi connectivity index (χ3v) is 7.37. The number of nitrogens with zero attached hydrogens (tertiary/aromatic N) is 2. The molecule has 3 N–H and O–H groups in total. The van der Waals surface area contributed by atoms with Crippen molar-refractivity contribution >= 4 is 46.4 Å². The Morgan fingerprint density at radius 1 is 1.03 bits per heavy atom. The van der Waals surface area contributed by atoms with Crippen molar-refractivity contribution in [1.82, 2.24) is 15.2 Å². The molecule has 0 saturated carbocycles. The number of carbonyl (C=O) groups is 2. The highest BCUT2D eigenvalue weighted by Gasteiger charge is 2.72. The number of nitrogens with one attached hydrogen (secondary N) is 1. The number of alkyl halides is 6. The van der Waals surface area contributed by atoms with Gasteiger partial charge in [-0.25, -0.2) is 4.98 Å². The molecular formula is C23H25Cl2F6N3O4S. The summed E-state index contributed by atoms with van der Waals surface area (Å²) in [7, 11) is 0. The van der Waals surface area contributed by atoms with Gasteiger partial charge in [-0.1, -0.05) is 42.3 Å². The van der Waals surface area contributed by atoms with Crippen LogP contribution in [0.25, 0.3) is 10.4 Å². The SMILES string of the molecule is CCCN(CC)C(=O)c1nc(C(=O)NCC(C)(C)O)sc1-c1ccc(C(O)(C(F)(F)F)C(F)(F)F)c(Cl)c1Cl. The zero-order valence-electron chi connectivity index (χ0n) is 21.0. The lowest BCUT2D eigenvalue weighted by atomic mass is 9.91. The van der Waals surface area contributed by atoms with Crippen molar-refractivity contribution in [2.45, 2.75) is 57.7 Å². The summed E-state index contributed by atoms with van der Waals surface area (Å²) in [5.41, 5.74) is -9.02. The van der Waals surface area contributed by atoms with Crippen LogP contribution in [0, 0.1) is 0 Å². The number of halogens is 8. The van der Waals surface area contributed by atoms with E-state index in [0.29, 0.717) is 23.8 Å². The van der Waals surface area contributed by atoms with E-state index in [1.165, 1.54) is 18.7 Å². The van der Waals surface area contributed by atoms with E-state index >= 15 is 0 Å². The summed E-state index contributed by atoms with van der Waals surface area (Å²) in [5.74, 6) is -1.48. The highest BCUT2D eigenvalue weighted by Crippen LogP contribution is 2.54. The molecule has 0 saturated heterocycles. The number of hydrogen-bond donors (Lipinski definition) is 3. The van der Waals surface area contributed by atoms with Crippen LogP contribution in [0.5, 0.6) is 0 Å². The molecule has 16 heteroatoms. The van der Waals surface area contributed by atoms with Crippen molar-refractivity contribution in [3.8, 4) is 10.4 Å². The molecule has 2 aromatic rings. The van der Waals surface area contributed by atoms with E-state index in [0.717, 1.165) is 6.07 Å². The van der Waals surface area contributed by atoms with Crippen molar-refractivity contribution in [2.24, 2.45) is 0 Å². The second-order valence-electron chi connectivity index (χ2n) is 9.07. The van der Waals surface area contributed by atoms with Crippen LogP contribution < -0.4 is 5.32 Å². The fourth-order valence-electron chi connectivity index (χ4n) is 3.41. The first kappa shape index (κ1) is 33.1. The second kappa shape index (κ2) is 11.8. The molecule has 1 aromatic heterocycles. The molecule has 0 aliphatic rings. The Kier molecular flexibility index (Phi) is 9.98. The maximum Gasteiger partial charge on any atom is 0.430 e. The standard InChI is InChI=1S/C23H25Cl2F6N3O4S/c1-5-9-34(6-2)19(36)15-16(39-18(33-15)17(35)32-10-20(3,4)37)11-7-8-12(14(25)13(11)24)21(38,22(26,27)28)23(29,30)31/h7-8,37-38H,5-6,9-10H2,1-4H3,(H,32,35). The van der Waals surface area contributed by atoms with Crippen LogP contribution in [-0.2, 0) is 5.60 Å². The average molecular weight is 624 g/mol. The normalized spacial score (nSPS) is 13.0. The highest BCUT2D eigenvalue weighted by molar-refractivity contribution is 7.17. The molecule has 0 aliphatic carbocycles. The van der Waals surface area contributed by atoms with Crippen LogP contribution in [-0.4, -0.2) is 69.5 Å². The summed E-state index contributed by atoms with van der Waals surface area (Å²) in [6.07, 6.45) is -11.9. The number of benzene rings is 1. The van der Waals surface area contributed by atoms with Crippen molar-refractivity contribution < 1.29 is 46.1 Å². The van der Waals surface area contributed by atoms with Gasteiger partial charge in [-0.15, -0.1) is 11.3 Å². The van der Waals surface area contributed by atoms with E-state index < -0.39 is 51.0 Å². The summed E-state index contributed by atoms with van der Waals surface area (Å²) >= 11 is 12.6. The van der Waals surface area contributed by atoms with E-state index in [9.17, 15) is 46.1 Å². The minimum Gasteiger partial charge on any atom is -0.389 e. The van der Waals surface area contributed by atoms with Gasteiger partial charge in [-0.2, -0.15) is 26.3 Å². The summed E-state index contributed by atoms with van der Waals surface area (Å²) < 4.78 is 80.7. The average Bonchev–Trinajstić information content (AvgIpc) is 3.25. The van der Waals surface area contributed by atoms with Gasteiger partial charge in [0.1, 0.15) is 5.69 Å². The van der Waals surface area contributed by atoms with Gasteiger partial charge in [0.05, 0.1) is 20.5 Å². The van der Waals surface area contributed by atoms with Gasteiger partial charge in [0.15, 0.2) is 5.01 Å². The quantitative estimate of drug-likeness (QED) is 0.306. The molecule has 0 unspecified atom stereocenters. The Labute approximate surface area is 233 Å². The van der Waals surface area contributed by atoms with Crippen molar-refractivity contribution in [2.75, 3.05) is 19.6 Å². The van der Waals surface area contributed by atoms with Crippen LogP contribution >= 0.6 is 34.5 Å². The third-order valence-electron chi connectivity index (χ3n) is 5.41. The van der Waals surface area contributed by atoms with Gasteiger partial charge in [-0.3, -0.25) is 9.59 Å². The Morgan fingerprint density at radius 2 is 1.59 bits per heavy atom. The lowest BCUT2D eigenvalue weighted by Crippen LogP contribution is -2.54. The number of aromatic nitrogens is 1. The Hall–Kier alpha value is -2.13. The van der Waals surface area contributed by atoms with Crippen LogP contribution in [0.15, 0.2) is 12.1 Å². The Balaban J connectivity index is 2.77. The van der Waals surface area contributed by atoms with E-state index in [4.69, 9.17) is 23.2 Å². The summed E-state index contributed by atoms with van der Waals surface area (Å²) in [6, 6.07) is 1.03. The molecular weight excluding hydrogens is 599 g/mol. The molecule has 0 atom stereocenters. The maximum absolute atomic E-state index is 13.4. The lowest BCUT2D eigenvalue weighted by molar-refractivity contribution is -0.376. The number of thiazole rings is 1. The number of rotatable bonds is 9. The minimum absolute atomic E-state index is 0.149. The monoisotopic (exact) mass is 623 g/mol. The fourth-order valence-corrected chi connectivity index (χ4v) is 5.03. The van der Waals surface area contributed by atoms with Crippen molar-refractivity contribution in [3.63, 3.8) is 0 Å². The van der Waals surface area contributed by atoms with Crippen LogP contribution in [0.4, 0.5) is 26.3 Å². The number of carbonyl (C=O) groups excluding carboxylic acids is 2. The second-order valence-corrected chi connectivity index (χ2v) is 10.8. The molecule has 1 heterocycles. The zero-order chi connectivity index (χ0) is 30.1. The molecule has 39 heavy (non-hydrogen) atoms. The van der Waals surface area contributed by atoms with Gasteiger partial charge in [0, 0.05) is 30.8 Å². The Bertz CT molecular complexity index is 1210. The topological polar surface area (TPSA) is 103 Å². The van der Waals surface area contributed by atoms with Crippen molar-refractivity contribution in [3.05, 3.63) is 38.4 Å². The van der Waals surface area contributed by atoms with Gasteiger partial charge in [0.2, 0.25) is 0 Å². The van der Waals surface area contributed by atoms with Crippen LogP contribution in [0.3, 0.4) is 0 Å². The molecule has 1 aromatic carbocycles. The van der Waals surface area contributed by atoms with Gasteiger partial charge < -0.3 is 20.4 Å². The summed E-state index contributed by atoms with van der Waals surface area (Å²) in [5, 5.41) is 19.7. The predicted molar refractivity (Wildman–Crippen MR) is 134 cm³/mol. The molecule has 0 spiro atoms. The summed E-state index contributed by atoms with van der Waals surface area (Å²) in [4.78, 5) is 31.3. The number of amides is 2.